The van der Waals surface area contributed by atoms with E-state index in [-0.39, 0.29) is 5.91 Å². The van der Waals surface area contributed by atoms with Gasteiger partial charge in [0.15, 0.2) is 0 Å². The van der Waals surface area contributed by atoms with Crippen molar-refractivity contribution in [1.29, 1.82) is 0 Å². The Morgan fingerprint density at radius 1 is 1.00 bits per heavy atom. The third-order valence-corrected chi connectivity index (χ3v) is 4.81. The molecular weight excluding hydrogens is 350 g/mol. The second-order valence-corrected chi connectivity index (χ2v) is 6.65. The Morgan fingerprint density at radius 3 is 2.50 bits per heavy atom. The first-order valence-electron chi connectivity index (χ1n) is 9.12. The summed E-state index contributed by atoms with van der Waals surface area (Å²) in [6.07, 6.45) is 1.61. The number of para-hydroxylation sites is 1. The van der Waals surface area contributed by atoms with E-state index in [9.17, 15) is 4.79 Å². The number of hydrogen-bond donors (Lipinski definition) is 1. The van der Waals surface area contributed by atoms with E-state index in [1.54, 1.807) is 13.3 Å². The smallest absolute Gasteiger partial charge is 0.271 e. The summed E-state index contributed by atoms with van der Waals surface area (Å²) in [6.45, 7) is 1.66. The number of carbonyl (C=O) groups excluding carboxylic acids is 1. The van der Waals surface area contributed by atoms with Crippen LogP contribution in [-0.2, 0) is 13.1 Å². The quantitative estimate of drug-likeness (QED) is 0.545. The molecule has 0 saturated heterocycles. The summed E-state index contributed by atoms with van der Waals surface area (Å²) in [5.41, 5.74) is 7.71. The van der Waals surface area contributed by atoms with Gasteiger partial charge in [-0.1, -0.05) is 24.3 Å². The third kappa shape index (κ3) is 3.88. The van der Waals surface area contributed by atoms with Gasteiger partial charge >= 0.3 is 0 Å². The molecule has 1 aliphatic heterocycles. The first-order valence-corrected chi connectivity index (χ1v) is 9.12. The van der Waals surface area contributed by atoms with Crippen molar-refractivity contribution in [2.45, 2.75) is 13.1 Å². The summed E-state index contributed by atoms with van der Waals surface area (Å²) in [6, 6.07) is 23.6. The average Bonchev–Trinajstić information content (AvgIpc) is 3.18. The molecule has 1 amide bonds. The number of nitrogens with one attached hydrogen (secondary N) is 1. The minimum Gasteiger partial charge on any atom is -0.497 e. The lowest BCUT2D eigenvalue weighted by Gasteiger charge is -2.17. The molecular formula is C23H21N3O2. The number of hydrogen-bond acceptors (Lipinski definition) is 4. The van der Waals surface area contributed by atoms with Crippen molar-refractivity contribution in [3.63, 3.8) is 0 Å². The number of benzene rings is 3. The first-order chi connectivity index (χ1) is 13.7. The largest absolute Gasteiger partial charge is 0.497 e. The second kappa shape index (κ2) is 7.96. The summed E-state index contributed by atoms with van der Waals surface area (Å²) >= 11 is 0. The van der Waals surface area contributed by atoms with Crippen LogP contribution in [0.15, 0.2) is 77.9 Å². The zero-order chi connectivity index (χ0) is 19.3. The van der Waals surface area contributed by atoms with Gasteiger partial charge in [0.2, 0.25) is 0 Å². The van der Waals surface area contributed by atoms with E-state index in [1.165, 1.54) is 16.8 Å². The van der Waals surface area contributed by atoms with Gasteiger partial charge in [-0.25, -0.2) is 5.43 Å². The van der Waals surface area contributed by atoms with E-state index in [4.69, 9.17) is 4.74 Å². The number of ether oxygens (including phenoxy) is 1. The van der Waals surface area contributed by atoms with Crippen molar-refractivity contribution < 1.29 is 9.53 Å². The van der Waals surface area contributed by atoms with Gasteiger partial charge in [-0.15, -0.1) is 0 Å². The second-order valence-electron chi connectivity index (χ2n) is 6.65. The number of nitrogens with zero attached hydrogens (tertiary/aromatic N) is 2. The highest BCUT2D eigenvalue weighted by atomic mass is 16.5. The summed E-state index contributed by atoms with van der Waals surface area (Å²) in [5, 5.41) is 4.05. The Hall–Kier alpha value is -3.60. The monoisotopic (exact) mass is 371 g/mol. The molecule has 1 heterocycles. The van der Waals surface area contributed by atoms with Crippen LogP contribution in [0.3, 0.4) is 0 Å². The predicted molar refractivity (Wildman–Crippen MR) is 111 cm³/mol. The number of anilines is 1. The van der Waals surface area contributed by atoms with Gasteiger partial charge in [-0.3, -0.25) is 4.79 Å². The minimum atomic E-state index is -0.217. The van der Waals surface area contributed by atoms with Crippen LogP contribution in [0.5, 0.6) is 5.75 Å². The fourth-order valence-electron chi connectivity index (χ4n) is 3.28. The van der Waals surface area contributed by atoms with Gasteiger partial charge in [0.1, 0.15) is 5.75 Å². The Bertz CT molecular complexity index is 998. The van der Waals surface area contributed by atoms with Gasteiger partial charge in [-0.2, -0.15) is 5.10 Å². The molecule has 140 valence electrons. The molecule has 0 radical (unpaired) electrons. The fourth-order valence-corrected chi connectivity index (χ4v) is 3.28. The van der Waals surface area contributed by atoms with Crippen molar-refractivity contribution in [1.82, 2.24) is 5.43 Å². The van der Waals surface area contributed by atoms with Crippen molar-refractivity contribution in [2.75, 3.05) is 12.0 Å². The Morgan fingerprint density at radius 2 is 1.75 bits per heavy atom. The van der Waals surface area contributed by atoms with Gasteiger partial charge in [0, 0.05) is 24.3 Å². The standard InChI is InChI=1S/C23H21N3O2/c1-28-22-11-7-17(8-12-22)14-24-25-23(27)18-9-10-19-15-26(16-20(19)13-18)21-5-3-2-4-6-21/h2-14H,15-16H2,1H3,(H,25,27). The van der Waals surface area contributed by atoms with E-state index in [1.807, 2.05) is 60.7 Å². The third-order valence-electron chi connectivity index (χ3n) is 4.81. The summed E-state index contributed by atoms with van der Waals surface area (Å²) in [4.78, 5) is 14.7. The molecule has 4 rings (SSSR count). The summed E-state index contributed by atoms with van der Waals surface area (Å²) < 4.78 is 5.12. The van der Waals surface area contributed by atoms with E-state index >= 15 is 0 Å². The molecule has 5 nitrogen and oxygen atoms in total. The maximum Gasteiger partial charge on any atom is 0.271 e. The van der Waals surface area contributed by atoms with Gasteiger partial charge in [-0.05, 0) is 65.2 Å². The van der Waals surface area contributed by atoms with Crippen LogP contribution in [0.4, 0.5) is 5.69 Å². The molecule has 0 bridgehead atoms. The molecule has 0 saturated carbocycles. The Balaban J connectivity index is 1.40. The van der Waals surface area contributed by atoms with Crippen LogP contribution in [0.25, 0.3) is 0 Å². The number of rotatable bonds is 5. The van der Waals surface area contributed by atoms with Crippen molar-refractivity contribution >= 4 is 17.8 Å². The molecule has 0 aromatic heterocycles. The molecule has 1 N–H and O–H groups in total. The van der Waals surface area contributed by atoms with Gasteiger partial charge in [0.25, 0.3) is 5.91 Å². The van der Waals surface area contributed by atoms with E-state index in [0.29, 0.717) is 5.56 Å². The highest BCUT2D eigenvalue weighted by molar-refractivity contribution is 5.95. The zero-order valence-corrected chi connectivity index (χ0v) is 15.6. The lowest BCUT2D eigenvalue weighted by Crippen LogP contribution is -2.17. The van der Waals surface area contributed by atoms with E-state index in [0.717, 1.165) is 24.4 Å². The highest BCUT2D eigenvalue weighted by Crippen LogP contribution is 2.28. The molecule has 1 aliphatic rings. The summed E-state index contributed by atoms with van der Waals surface area (Å²) in [5.74, 6) is 0.564. The molecule has 0 atom stereocenters. The first kappa shape index (κ1) is 17.8. The van der Waals surface area contributed by atoms with E-state index < -0.39 is 0 Å². The topological polar surface area (TPSA) is 53.9 Å². The molecule has 3 aromatic rings. The van der Waals surface area contributed by atoms with Crippen LogP contribution in [0.2, 0.25) is 0 Å². The molecule has 28 heavy (non-hydrogen) atoms. The molecule has 0 aliphatic carbocycles. The van der Waals surface area contributed by atoms with Crippen LogP contribution < -0.4 is 15.1 Å². The van der Waals surface area contributed by atoms with Crippen molar-refractivity contribution in [3.05, 3.63) is 95.1 Å². The Labute approximate surface area is 164 Å². The number of methoxy groups -OCH3 is 1. The molecule has 5 heteroatoms. The maximum absolute atomic E-state index is 12.4. The fraction of sp³-hybridized carbons (Fsp3) is 0.130. The number of hydrazone groups is 1. The van der Waals surface area contributed by atoms with Crippen LogP contribution in [0.1, 0.15) is 27.0 Å². The van der Waals surface area contributed by atoms with Crippen molar-refractivity contribution in [2.24, 2.45) is 5.10 Å². The highest BCUT2D eigenvalue weighted by Gasteiger charge is 2.20. The van der Waals surface area contributed by atoms with Crippen molar-refractivity contribution in [3.8, 4) is 5.75 Å². The molecule has 0 spiro atoms. The van der Waals surface area contributed by atoms with Crippen LogP contribution in [0, 0.1) is 0 Å². The number of carbonyl (C=O) groups is 1. The van der Waals surface area contributed by atoms with E-state index in [2.05, 4.69) is 27.6 Å². The molecule has 0 unspecified atom stereocenters. The number of amides is 1. The lowest BCUT2D eigenvalue weighted by atomic mass is 10.1. The minimum absolute atomic E-state index is 0.217. The number of fused-ring (bicyclic) bond motifs is 1. The van der Waals surface area contributed by atoms with Crippen LogP contribution >= 0.6 is 0 Å². The average molecular weight is 371 g/mol. The Kier molecular flexibility index (Phi) is 5.06. The molecule has 3 aromatic carbocycles. The predicted octanol–water partition coefficient (Wildman–Crippen LogP) is 3.98. The zero-order valence-electron chi connectivity index (χ0n) is 15.6. The van der Waals surface area contributed by atoms with Crippen LogP contribution in [-0.4, -0.2) is 19.2 Å². The maximum atomic E-state index is 12.4. The molecule has 0 fully saturated rings. The van der Waals surface area contributed by atoms with Gasteiger partial charge < -0.3 is 9.64 Å². The summed E-state index contributed by atoms with van der Waals surface area (Å²) in [7, 11) is 1.62. The normalized spacial score (nSPS) is 12.8. The van der Waals surface area contributed by atoms with Gasteiger partial charge in [0.05, 0.1) is 13.3 Å². The lowest BCUT2D eigenvalue weighted by molar-refractivity contribution is 0.0955. The SMILES string of the molecule is COc1ccc(C=NNC(=O)c2ccc3c(c2)CN(c2ccccc2)C3)cc1.